The molecule has 112 valence electrons. The van der Waals surface area contributed by atoms with Crippen molar-refractivity contribution in [2.24, 2.45) is 0 Å². The van der Waals surface area contributed by atoms with Crippen molar-refractivity contribution in [3.05, 3.63) is 33.8 Å². The lowest BCUT2D eigenvalue weighted by Gasteiger charge is -2.30. The molecular formula is C14H14Cl2N2O3. The van der Waals surface area contributed by atoms with Crippen LogP contribution in [0, 0.1) is 0 Å². The first-order valence-electron chi connectivity index (χ1n) is 6.68. The van der Waals surface area contributed by atoms with E-state index in [0.29, 0.717) is 41.7 Å². The third-order valence-corrected chi connectivity index (χ3v) is 4.68. The van der Waals surface area contributed by atoms with Crippen LogP contribution in [0.2, 0.25) is 10.0 Å². The highest BCUT2D eigenvalue weighted by Gasteiger charge is 2.51. The summed E-state index contributed by atoms with van der Waals surface area (Å²) in [5, 5.41) is 3.68. The molecule has 3 rings (SSSR count). The molecular weight excluding hydrogens is 315 g/mol. The van der Waals surface area contributed by atoms with Crippen LogP contribution in [-0.2, 0) is 16.1 Å². The van der Waals surface area contributed by atoms with E-state index in [1.54, 1.807) is 18.2 Å². The second kappa shape index (κ2) is 5.48. The lowest BCUT2D eigenvalue weighted by Crippen LogP contribution is -2.51. The first-order valence-corrected chi connectivity index (χ1v) is 7.44. The zero-order valence-electron chi connectivity index (χ0n) is 11.2. The number of halogens is 2. The van der Waals surface area contributed by atoms with E-state index < -0.39 is 11.6 Å². The van der Waals surface area contributed by atoms with Gasteiger partial charge in [0.2, 0.25) is 0 Å². The van der Waals surface area contributed by atoms with E-state index in [-0.39, 0.29) is 12.5 Å². The first-order chi connectivity index (χ1) is 10.0. The van der Waals surface area contributed by atoms with Crippen molar-refractivity contribution in [1.82, 2.24) is 10.2 Å². The molecule has 0 bridgehead atoms. The van der Waals surface area contributed by atoms with Crippen molar-refractivity contribution in [2.75, 3.05) is 13.2 Å². The molecule has 1 N–H and O–H groups in total. The Hall–Kier alpha value is -1.30. The third kappa shape index (κ3) is 2.50. The number of hydrogen-bond donors (Lipinski definition) is 1. The Kier molecular flexibility index (Phi) is 3.82. The van der Waals surface area contributed by atoms with Gasteiger partial charge in [-0.3, -0.25) is 9.69 Å². The molecule has 7 heteroatoms. The van der Waals surface area contributed by atoms with Crippen LogP contribution in [0.15, 0.2) is 18.2 Å². The van der Waals surface area contributed by atoms with Gasteiger partial charge in [0.25, 0.3) is 5.91 Å². The maximum Gasteiger partial charge on any atom is 0.325 e. The van der Waals surface area contributed by atoms with Crippen molar-refractivity contribution in [3.8, 4) is 0 Å². The highest BCUT2D eigenvalue weighted by molar-refractivity contribution is 6.36. The summed E-state index contributed by atoms with van der Waals surface area (Å²) in [4.78, 5) is 26.0. The number of ether oxygens (including phenoxy) is 1. The number of nitrogens with one attached hydrogen (secondary N) is 1. The maximum atomic E-state index is 12.6. The summed E-state index contributed by atoms with van der Waals surface area (Å²) >= 11 is 12.2. The summed E-state index contributed by atoms with van der Waals surface area (Å²) in [5.41, 5.74) is -0.253. The first kappa shape index (κ1) is 14.6. The van der Waals surface area contributed by atoms with Gasteiger partial charge in [0.15, 0.2) is 0 Å². The van der Waals surface area contributed by atoms with Gasteiger partial charge in [-0.05, 0) is 12.1 Å². The minimum Gasteiger partial charge on any atom is -0.381 e. The molecule has 2 fully saturated rings. The normalized spacial score (nSPS) is 21.0. The predicted octanol–water partition coefficient (Wildman–Crippen LogP) is 2.59. The number of carbonyl (C=O) groups excluding carboxylic acids is 2. The van der Waals surface area contributed by atoms with Gasteiger partial charge in [0.1, 0.15) is 5.54 Å². The van der Waals surface area contributed by atoms with Crippen LogP contribution >= 0.6 is 23.2 Å². The van der Waals surface area contributed by atoms with Crippen LogP contribution in [0.3, 0.4) is 0 Å². The second-order valence-corrected chi connectivity index (χ2v) is 6.03. The van der Waals surface area contributed by atoms with Gasteiger partial charge >= 0.3 is 6.03 Å². The molecule has 0 radical (unpaired) electrons. The monoisotopic (exact) mass is 328 g/mol. The molecule has 2 aliphatic rings. The molecule has 0 aliphatic carbocycles. The Balaban J connectivity index is 1.86. The van der Waals surface area contributed by atoms with Crippen molar-refractivity contribution in [3.63, 3.8) is 0 Å². The topological polar surface area (TPSA) is 58.6 Å². The third-order valence-electron chi connectivity index (χ3n) is 3.97. The SMILES string of the molecule is O=C1NC2(CCOCC2)C(=O)N1Cc1c(Cl)cccc1Cl. The molecule has 1 aromatic rings. The largest absolute Gasteiger partial charge is 0.381 e. The summed E-state index contributed by atoms with van der Waals surface area (Å²) in [7, 11) is 0. The molecule has 0 saturated carbocycles. The number of carbonyl (C=O) groups is 2. The Morgan fingerprint density at radius 1 is 1.19 bits per heavy atom. The van der Waals surface area contributed by atoms with Crippen molar-refractivity contribution in [1.29, 1.82) is 0 Å². The Morgan fingerprint density at radius 2 is 1.81 bits per heavy atom. The lowest BCUT2D eigenvalue weighted by atomic mass is 9.90. The highest BCUT2D eigenvalue weighted by atomic mass is 35.5. The smallest absolute Gasteiger partial charge is 0.325 e. The van der Waals surface area contributed by atoms with Crippen LogP contribution in [-0.4, -0.2) is 35.6 Å². The molecule has 5 nitrogen and oxygen atoms in total. The fourth-order valence-corrected chi connectivity index (χ4v) is 3.24. The molecule has 2 heterocycles. The van der Waals surface area contributed by atoms with Crippen LogP contribution in [0.25, 0.3) is 0 Å². The van der Waals surface area contributed by atoms with E-state index in [4.69, 9.17) is 27.9 Å². The van der Waals surface area contributed by atoms with E-state index in [1.165, 1.54) is 4.90 Å². The van der Waals surface area contributed by atoms with Gasteiger partial charge < -0.3 is 10.1 Å². The standard InChI is InChI=1S/C14H14Cl2N2O3/c15-10-2-1-3-11(16)9(10)8-18-12(19)14(17-13(18)20)4-6-21-7-5-14/h1-3H,4-8H2,(H,17,20). The Labute approximate surface area is 132 Å². The second-order valence-electron chi connectivity index (χ2n) is 5.22. The number of hydrogen-bond acceptors (Lipinski definition) is 3. The van der Waals surface area contributed by atoms with Crippen molar-refractivity contribution < 1.29 is 14.3 Å². The van der Waals surface area contributed by atoms with Gasteiger partial charge in [-0.15, -0.1) is 0 Å². The predicted molar refractivity (Wildman–Crippen MR) is 78.3 cm³/mol. The number of imide groups is 1. The number of nitrogens with zero attached hydrogens (tertiary/aromatic N) is 1. The van der Waals surface area contributed by atoms with E-state index >= 15 is 0 Å². The Morgan fingerprint density at radius 3 is 2.43 bits per heavy atom. The Bertz CT molecular complexity index is 580. The summed E-state index contributed by atoms with van der Waals surface area (Å²) in [6.07, 6.45) is 0.981. The molecule has 0 atom stereocenters. The molecule has 2 aliphatic heterocycles. The van der Waals surface area contributed by atoms with E-state index in [2.05, 4.69) is 5.32 Å². The number of urea groups is 1. The van der Waals surface area contributed by atoms with Crippen LogP contribution in [0.5, 0.6) is 0 Å². The summed E-state index contributed by atoms with van der Waals surface area (Å²) < 4.78 is 5.27. The van der Waals surface area contributed by atoms with Crippen molar-refractivity contribution >= 4 is 35.1 Å². The molecule has 2 saturated heterocycles. The fourth-order valence-electron chi connectivity index (χ4n) is 2.72. The van der Waals surface area contributed by atoms with Gasteiger partial charge in [0, 0.05) is 41.7 Å². The van der Waals surface area contributed by atoms with Gasteiger partial charge in [-0.25, -0.2) is 4.79 Å². The van der Waals surface area contributed by atoms with Crippen LogP contribution < -0.4 is 5.32 Å². The molecule has 21 heavy (non-hydrogen) atoms. The number of amides is 3. The molecule has 3 amide bonds. The molecule has 0 unspecified atom stereocenters. The zero-order chi connectivity index (χ0) is 15.0. The zero-order valence-corrected chi connectivity index (χ0v) is 12.7. The number of rotatable bonds is 2. The molecule has 0 aromatic heterocycles. The van der Waals surface area contributed by atoms with E-state index in [1.807, 2.05) is 0 Å². The minimum absolute atomic E-state index is 0.0752. The average Bonchev–Trinajstić information content (AvgIpc) is 2.67. The summed E-state index contributed by atoms with van der Waals surface area (Å²) in [6.45, 7) is 1.01. The maximum absolute atomic E-state index is 12.6. The average molecular weight is 329 g/mol. The highest BCUT2D eigenvalue weighted by Crippen LogP contribution is 2.32. The number of benzene rings is 1. The van der Waals surface area contributed by atoms with Crippen LogP contribution in [0.4, 0.5) is 4.79 Å². The van der Waals surface area contributed by atoms with E-state index in [0.717, 1.165) is 0 Å². The lowest BCUT2D eigenvalue weighted by molar-refractivity contribution is -0.134. The molecule has 1 aromatic carbocycles. The summed E-state index contributed by atoms with van der Waals surface area (Å²) in [5.74, 6) is -0.230. The van der Waals surface area contributed by atoms with Crippen LogP contribution in [0.1, 0.15) is 18.4 Å². The van der Waals surface area contributed by atoms with Crippen molar-refractivity contribution in [2.45, 2.75) is 24.9 Å². The van der Waals surface area contributed by atoms with Gasteiger partial charge in [-0.2, -0.15) is 0 Å². The fraction of sp³-hybridized carbons (Fsp3) is 0.429. The minimum atomic E-state index is -0.830. The van der Waals surface area contributed by atoms with Gasteiger partial charge in [0.05, 0.1) is 6.54 Å². The summed E-state index contributed by atoms with van der Waals surface area (Å²) in [6, 6.07) is 4.69. The quantitative estimate of drug-likeness (QED) is 0.849. The molecule has 1 spiro atoms. The van der Waals surface area contributed by atoms with Gasteiger partial charge in [-0.1, -0.05) is 29.3 Å². The van der Waals surface area contributed by atoms with E-state index in [9.17, 15) is 9.59 Å².